The molecule has 0 amide bonds. The number of aromatic nitrogens is 3. The zero-order valence-electron chi connectivity index (χ0n) is 13.8. The molecule has 6 nitrogen and oxygen atoms in total. The highest BCUT2D eigenvalue weighted by molar-refractivity contribution is 7.99. The van der Waals surface area contributed by atoms with E-state index in [9.17, 15) is 4.79 Å². The number of para-hydroxylation sites is 1. The van der Waals surface area contributed by atoms with Crippen molar-refractivity contribution in [3.8, 4) is 0 Å². The van der Waals surface area contributed by atoms with Crippen molar-refractivity contribution in [3.05, 3.63) is 41.9 Å². The number of aromatic amines is 1. The lowest BCUT2D eigenvalue weighted by Crippen LogP contribution is -2.24. The summed E-state index contributed by atoms with van der Waals surface area (Å²) < 4.78 is 10.9. The maximum Gasteiger partial charge on any atom is 0.316 e. The summed E-state index contributed by atoms with van der Waals surface area (Å²) in [5.74, 6) is 0.363. The van der Waals surface area contributed by atoms with Crippen LogP contribution in [0.25, 0.3) is 10.9 Å². The number of ether oxygens (including phenoxy) is 1. The zero-order valence-corrected chi connectivity index (χ0v) is 14.6. The Balaban J connectivity index is 1.61. The zero-order chi connectivity index (χ0) is 17.2. The lowest BCUT2D eigenvalue weighted by Gasteiger charge is -2.18. The van der Waals surface area contributed by atoms with E-state index in [-0.39, 0.29) is 11.7 Å². The second-order valence-electron chi connectivity index (χ2n) is 6.37. The molecule has 0 saturated carbocycles. The third-order valence-corrected chi connectivity index (χ3v) is 3.99. The summed E-state index contributed by atoms with van der Waals surface area (Å²) in [6.07, 6.45) is 2.49. The van der Waals surface area contributed by atoms with Gasteiger partial charge >= 0.3 is 5.97 Å². The Morgan fingerprint density at radius 2 is 2.08 bits per heavy atom. The maximum absolute atomic E-state index is 11.7. The fraction of sp³-hybridized carbons (Fsp3) is 0.353. The molecule has 0 unspecified atom stereocenters. The normalized spacial score (nSPS) is 11.8. The molecular weight excluding hydrogens is 326 g/mol. The SMILES string of the molecule is CC(C)(C)OC(=O)CSc1nnc(Cc2c[nH]c3ccccc23)o1. The molecule has 126 valence electrons. The predicted molar refractivity (Wildman–Crippen MR) is 92.0 cm³/mol. The van der Waals surface area contributed by atoms with Gasteiger partial charge in [-0.3, -0.25) is 4.79 Å². The number of nitrogens with zero attached hydrogens (tertiary/aromatic N) is 2. The molecule has 0 atom stereocenters. The summed E-state index contributed by atoms with van der Waals surface area (Å²) in [6, 6.07) is 8.06. The van der Waals surface area contributed by atoms with Gasteiger partial charge in [0.15, 0.2) is 0 Å². The van der Waals surface area contributed by atoms with E-state index >= 15 is 0 Å². The van der Waals surface area contributed by atoms with Gasteiger partial charge in [-0.2, -0.15) is 0 Å². The van der Waals surface area contributed by atoms with Crippen molar-refractivity contribution in [2.45, 2.75) is 38.0 Å². The predicted octanol–water partition coefficient (Wildman–Crippen LogP) is 3.58. The summed E-state index contributed by atoms with van der Waals surface area (Å²) in [5.41, 5.74) is 1.68. The first-order valence-electron chi connectivity index (χ1n) is 7.63. The van der Waals surface area contributed by atoms with Gasteiger partial charge in [0.2, 0.25) is 5.89 Å². The minimum Gasteiger partial charge on any atom is -0.459 e. The minimum atomic E-state index is -0.493. The smallest absolute Gasteiger partial charge is 0.316 e. The van der Waals surface area contributed by atoms with Gasteiger partial charge in [-0.05, 0) is 32.4 Å². The van der Waals surface area contributed by atoms with Crippen molar-refractivity contribution in [3.63, 3.8) is 0 Å². The fourth-order valence-electron chi connectivity index (χ4n) is 2.30. The van der Waals surface area contributed by atoms with E-state index in [0.717, 1.165) is 16.5 Å². The van der Waals surface area contributed by atoms with Gasteiger partial charge < -0.3 is 14.1 Å². The van der Waals surface area contributed by atoms with Crippen LogP contribution < -0.4 is 0 Å². The van der Waals surface area contributed by atoms with Gasteiger partial charge in [0, 0.05) is 17.1 Å². The Morgan fingerprint density at radius 3 is 2.88 bits per heavy atom. The highest BCUT2D eigenvalue weighted by Crippen LogP contribution is 2.23. The highest BCUT2D eigenvalue weighted by Gasteiger charge is 2.18. The Labute approximate surface area is 144 Å². The topological polar surface area (TPSA) is 81.0 Å². The Hall–Kier alpha value is -2.28. The Bertz CT molecular complexity index is 848. The number of thioether (sulfide) groups is 1. The number of carbonyl (C=O) groups excluding carboxylic acids is 1. The largest absolute Gasteiger partial charge is 0.459 e. The van der Waals surface area contributed by atoms with E-state index in [1.165, 1.54) is 11.8 Å². The first kappa shape index (κ1) is 16.6. The number of benzene rings is 1. The molecule has 1 aromatic carbocycles. The highest BCUT2D eigenvalue weighted by atomic mass is 32.2. The molecule has 0 aliphatic carbocycles. The summed E-state index contributed by atoms with van der Waals surface area (Å²) >= 11 is 1.18. The molecule has 3 aromatic rings. The van der Waals surface area contributed by atoms with Crippen molar-refractivity contribution in [2.75, 3.05) is 5.75 Å². The van der Waals surface area contributed by atoms with Gasteiger partial charge in [-0.25, -0.2) is 0 Å². The van der Waals surface area contributed by atoms with E-state index in [4.69, 9.17) is 9.15 Å². The molecule has 3 rings (SSSR count). The van der Waals surface area contributed by atoms with Gasteiger partial charge in [-0.15, -0.1) is 10.2 Å². The van der Waals surface area contributed by atoms with Crippen LogP contribution in [0.5, 0.6) is 0 Å². The summed E-state index contributed by atoms with van der Waals surface area (Å²) in [6.45, 7) is 5.50. The van der Waals surface area contributed by atoms with Crippen LogP contribution in [0.15, 0.2) is 40.1 Å². The molecular formula is C17H19N3O3S. The molecule has 2 heterocycles. The summed E-state index contributed by atoms with van der Waals surface area (Å²) in [4.78, 5) is 14.9. The number of hydrogen-bond acceptors (Lipinski definition) is 6. The molecule has 0 radical (unpaired) electrons. The number of esters is 1. The molecule has 0 fully saturated rings. The van der Waals surface area contributed by atoms with Crippen LogP contribution in [0, 0.1) is 0 Å². The molecule has 0 spiro atoms. The number of carbonyl (C=O) groups is 1. The first-order chi connectivity index (χ1) is 11.4. The molecule has 0 aliphatic heterocycles. The third-order valence-electron chi connectivity index (χ3n) is 3.20. The molecule has 0 bridgehead atoms. The molecule has 24 heavy (non-hydrogen) atoms. The molecule has 2 aromatic heterocycles. The van der Waals surface area contributed by atoms with Crippen LogP contribution in [0.3, 0.4) is 0 Å². The molecule has 7 heteroatoms. The summed E-state index contributed by atoms with van der Waals surface area (Å²) in [5, 5.41) is 9.53. The second-order valence-corrected chi connectivity index (χ2v) is 7.30. The van der Waals surface area contributed by atoms with Gasteiger partial charge in [0.25, 0.3) is 5.22 Å². The van der Waals surface area contributed by atoms with Gasteiger partial charge in [0.05, 0.1) is 6.42 Å². The lowest BCUT2D eigenvalue weighted by atomic mass is 10.1. The molecule has 0 saturated heterocycles. The van der Waals surface area contributed by atoms with E-state index < -0.39 is 5.60 Å². The standard InChI is InChI=1S/C17H19N3O3S/c1-17(2,3)23-15(21)10-24-16-20-19-14(22-16)8-11-9-18-13-7-5-4-6-12(11)13/h4-7,9,18H,8,10H2,1-3H3. The van der Waals surface area contributed by atoms with Gasteiger partial charge in [0.1, 0.15) is 11.4 Å². The monoisotopic (exact) mass is 345 g/mol. The average molecular weight is 345 g/mol. The van der Waals surface area contributed by atoms with Gasteiger partial charge in [-0.1, -0.05) is 30.0 Å². The van der Waals surface area contributed by atoms with Crippen LogP contribution in [-0.4, -0.2) is 32.5 Å². The lowest BCUT2D eigenvalue weighted by molar-refractivity contribution is -0.151. The number of H-pyrrole nitrogens is 1. The molecule has 1 N–H and O–H groups in total. The number of nitrogens with one attached hydrogen (secondary N) is 1. The van der Waals surface area contributed by atoms with Crippen LogP contribution in [0.2, 0.25) is 0 Å². The van der Waals surface area contributed by atoms with E-state index in [0.29, 0.717) is 17.5 Å². The fourth-order valence-corrected chi connectivity index (χ4v) is 2.85. The van der Waals surface area contributed by atoms with Crippen LogP contribution in [-0.2, 0) is 16.0 Å². The van der Waals surface area contributed by atoms with E-state index in [2.05, 4.69) is 21.2 Å². The minimum absolute atomic E-state index is 0.145. The quantitative estimate of drug-likeness (QED) is 0.562. The number of fused-ring (bicyclic) bond motifs is 1. The van der Waals surface area contributed by atoms with Crippen molar-refractivity contribution in [1.82, 2.24) is 15.2 Å². The Kier molecular flexibility index (Phi) is 4.62. The van der Waals surface area contributed by atoms with Crippen molar-refractivity contribution < 1.29 is 13.9 Å². The molecule has 0 aliphatic rings. The Morgan fingerprint density at radius 1 is 1.29 bits per heavy atom. The van der Waals surface area contributed by atoms with E-state index in [1.807, 2.05) is 45.2 Å². The first-order valence-corrected chi connectivity index (χ1v) is 8.61. The van der Waals surface area contributed by atoms with Crippen LogP contribution >= 0.6 is 11.8 Å². The maximum atomic E-state index is 11.7. The van der Waals surface area contributed by atoms with E-state index in [1.54, 1.807) is 0 Å². The van der Waals surface area contributed by atoms with Crippen molar-refractivity contribution in [2.24, 2.45) is 0 Å². The van der Waals surface area contributed by atoms with Crippen LogP contribution in [0.1, 0.15) is 32.2 Å². The van der Waals surface area contributed by atoms with Crippen molar-refractivity contribution >= 4 is 28.6 Å². The van der Waals surface area contributed by atoms with Crippen molar-refractivity contribution in [1.29, 1.82) is 0 Å². The average Bonchev–Trinajstić information content (AvgIpc) is 3.12. The number of hydrogen-bond donors (Lipinski definition) is 1. The third kappa shape index (κ3) is 4.17. The second kappa shape index (κ2) is 6.68. The number of rotatable bonds is 5. The summed E-state index contributed by atoms with van der Waals surface area (Å²) in [7, 11) is 0. The van der Waals surface area contributed by atoms with Crippen LogP contribution in [0.4, 0.5) is 0 Å².